The summed E-state index contributed by atoms with van der Waals surface area (Å²) in [5.74, 6) is -0.455. The molecule has 1 fully saturated rings. The average molecular weight is 440 g/mol. The fourth-order valence-corrected chi connectivity index (χ4v) is 3.45. The maximum absolute atomic E-state index is 12.4. The Balaban J connectivity index is 1.86. The molecule has 3 atom stereocenters. The molecular formula is C20H30BrN3O3. The standard InChI is InChI=1S/C20H30BrN3O3/c1-13-10-24(11-14(2)27-13)20(4,5)12-22-18(25)15(3)23-19(26)16-6-8-17(21)9-7-16/h6-9,13-15H,10-12H2,1-5H3,(H,22,25)(H,23,26). The summed E-state index contributed by atoms with van der Waals surface area (Å²) in [5, 5.41) is 5.72. The zero-order chi connectivity index (χ0) is 20.2. The number of amides is 2. The van der Waals surface area contributed by atoms with Crippen LogP contribution in [-0.2, 0) is 9.53 Å². The summed E-state index contributed by atoms with van der Waals surface area (Å²) in [6, 6.07) is 6.42. The van der Waals surface area contributed by atoms with Gasteiger partial charge in [-0.3, -0.25) is 14.5 Å². The molecule has 1 saturated heterocycles. The lowest BCUT2D eigenvalue weighted by Gasteiger charge is -2.45. The van der Waals surface area contributed by atoms with Crippen LogP contribution < -0.4 is 10.6 Å². The number of rotatable bonds is 6. The van der Waals surface area contributed by atoms with Gasteiger partial charge in [0.25, 0.3) is 5.91 Å². The molecule has 0 aliphatic carbocycles. The highest BCUT2D eigenvalue weighted by Crippen LogP contribution is 2.20. The zero-order valence-corrected chi connectivity index (χ0v) is 18.3. The fraction of sp³-hybridized carbons (Fsp3) is 0.600. The maximum Gasteiger partial charge on any atom is 0.251 e. The van der Waals surface area contributed by atoms with Crippen LogP contribution in [0.2, 0.25) is 0 Å². The summed E-state index contributed by atoms with van der Waals surface area (Å²) in [5.41, 5.74) is 0.326. The topological polar surface area (TPSA) is 70.7 Å². The summed E-state index contributed by atoms with van der Waals surface area (Å²) in [6.07, 6.45) is 0.348. The van der Waals surface area contributed by atoms with Crippen molar-refractivity contribution >= 4 is 27.7 Å². The predicted molar refractivity (Wildman–Crippen MR) is 110 cm³/mol. The first-order valence-corrected chi connectivity index (χ1v) is 10.1. The van der Waals surface area contributed by atoms with Gasteiger partial charge in [0.2, 0.25) is 5.91 Å². The Morgan fingerprint density at radius 3 is 2.33 bits per heavy atom. The van der Waals surface area contributed by atoms with Crippen LogP contribution in [0.15, 0.2) is 28.7 Å². The van der Waals surface area contributed by atoms with Crippen LogP contribution in [0.4, 0.5) is 0 Å². The van der Waals surface area contributed by atoms with E-state index in [1.54, 1.807) is 31.2 Å². The van der Waals surface area contributed by atoms with Gasteiger partial charge in [0, 0.05) is 35.2 Å². The molecule has 1 heterocycles. The lowest BCUT2D eigenvalue weighted by Crippen LogP contribution is -2.59. The number of hydrogen-bond donors (Lipinski definition) is 2. The minimum absolute atomic E-state index is 0.174. The minimum Gasteiger partial charge on any atom is -0.373 e. The molecule has 6 nitrogen and oxygen atoms in total. The van der Waals surface area contributed by atoms with Crippen LogP contribution in [-0.4, -0.2) is 60.1 Å². The Morgan fingerprint density at radius 2 is 1.78 bits per heavy atom. The average Bonchev–Trinajstić information content (AvgIpc) is 2.59. The first kappa shape index (κ1) is 21.9. The minimum atomic E-state index is -0.612. The van der Waals surface area contributed by atoms with Crippen LogP contribution >= 0.6 is 15.9 Å². The third-order valence-electron chi connectivity index (χ3n) is 4.82. The van der Waals surface area contributed by atoms with Crippen molar-refractivity contribution in [3.05, 3.63) is 34.3 Å². The summed E-state index contributed by atoms with van der Waals surface area (Å²) in [7, 11) is 0. The molecule has 0 bridgehead atoms. The number of ether oxygens (including phenoxy) is 1. The van der Waals surface area contributed by atoms with Gasteiger partial charge in [-0.15, -0.1) is 0 Å². The van der Waals surface area contributed by atoms with E-state index in [1.165, 1.54) is 0 Å². The van der Waals surface area contributed by atoms with Gasteiger partial charge in [-0.05, 0) is 58.9 Å². The third kappa shape index (κ3) is 6.30. The summed E-state index contributed by atoms with van der Waals surface area (Å²) < 4.78 is 6.69. The van der Waals surface area contributed by atoms with Gasteiger partial charge in [0.15, 0.2) is 0 Å². The van der Waals surface area contributed by atoms with Gasteiger partial charge in [0.1, 0.15) is 6.04 Å². The number of hydrogen-bond acceptors (Lipinski definition) is 4. The van der Waals surface area contributed by atoms with Crippen LogP contribution in [0.1, 0.15) is 45.0 Å². The van der Waals surface area contributed by atoms with E-state index in [9.17, 15) is 9.59 Å². The second kappa shape index (κ2) is 9.17. The van der Waals surface area contributed by atoms with Crippen molar-refractivity contribution in [2.75, 3.05) is 19.6 Å². The summed E-state index contributed by atoms with van der Waals surface area (Å²) in [6.45, 7) is 12.2. The Labute approximate surface area is 170 Å². The van der Waals surface area contributed by atoms with Gasteiger partial charge in [-0.2, -0.15) is 0 Å². The lowest BCUT2D eigenvalue weighted by atomic mass is 10.00. The number of carbonyl (C=O) groups is 2. The normalized spacial score (nSPS) is 22.1. The molecule has 1 aromatic rings. The molecule has 7 heteroatoms. The monoisotopic (exact) mass is 439 g/mol. The van der Waals surface area contributed by atoms with E-state index >= 15 is 0 Å². The van der Waals surface area contributed by atoms with Crippen LogP contribution in [0.3, 0.4) is 0 Å². The number of halogens is 1. The molecule has 0 saturated carbocycles. The quantitative estimate of drug-likeness (QED) is 0.714. The summed E-state index contributed by atoms with van der Waals surface area (Å²) in [4.78, 5) is 27.1. The van der Waals surface area contributed by atoms with E-state index < -0.39 is 6.04 Å². The second-order valence-electron chi connectivity index (χ2n) is 7.89. The molecule has 3 unspecified atom stereocenters. The van der Waals surface area contributed by atoms with E-state index in [2.05, 4.69) is 59.2 Å². The van der Waals surface area contributed by atoms with Crippen molar-refractivity contribution in [3.63, 3.8) is 0 Å². The molecule has 1 aliphatic rings. The fourth-order valence-electron chi connectivity index (χ4n) is 3.19. The maximum atomic E-state index is 12.4. The van der Waals surface area contributed by atoms with Crippen molar-refractivity contribution in [2.45, 2.75) is 58.4 Å². The lowest BCUT2D eigenvalue weighted by molar-refractivity contribution is -0.124. The largest absolute Gasteiger partial charge is 0.373 e. The number of morpholine rings is 1. The van der Waals surface area contributed by atoms with E-state index in [4.69, 9.17) is 4.74 Å². The molecule has 2 amide bonds. The van der Waals surface area contributed by atoms with Crippen LogP contribution in [0.5, 0.6) is 0 Å². The number of carbonyl (C=O) groups excluding carboxylic acids is 2. The second-order valence-corrected chi connectivity index (χ2v) is 8.81. The van der Waals surface area contributed by atoms with Crippen molar-refractivity contribution in [1.82, 2.24) is 15.5 Å². The molecule has 2 rings (SSSR count). The first-order valence-electron chi connectivity index (χ1n) is 9.33. The molecule has 2 N–H and O–H groups in total. The number of nitrogens with zero attached hydrogens (tertiary/aromatic N) is 1. The molecule has 1 aliphatic heterocycles. The Bertz CT molecular complexity index is 653. The molecule has 27 heavy (non-hydrogen) atoms. The molecule has 1 aromatic carbocycles. The van der Waals surface area contributed by atoms with E-state index in [0.717, 1.165) is 17.6 Å². The van der Waals surface area contributed by atoms with E-state index in [0.29, 0.717) is 12.1 Å². The zero-order valence-electron chi connectivity index (χ0n) is 16.7. The van der Waals surface area contributed by atoms with E-state index in [-0.39, 0.29) is 29.6 Å². The van der Waals surface area contributed by atoms with Crippen molar-refractivity contribution in [3.8, 4) is 0 Å². The van der Waals surface area contributed by atoms with Gasteiger partial charge < -0.3 is 15.4 Å². The third-order valence-corrected chi connectivity index (χ3v) is 5.35. The molecule has 0 radical (unpaired) electrons. The smallest absolute Gasteiger partial charge is 0.251 e. The molecule has 0 aromatic heterocycles. The molecule has 150 valence electrons. The van der Waals surface area contributed by atoms with Crippen molar-refractivity contribution in [1.29, 1.82) is 0 Å². The number of nitrogens with one attached hydrogen (secondary N) is 2. The SMILES string of the molecule is CC1CN(C(C)(C)CNC(=O)C(C)NC(=O)c2ccc(Br)cc2)CC(C)O1. The van der Waals surface area contributed by atoms with Crippen LogP contribution in [0.25, 0.3) is 0 Å². The first-order chi connectivity index (χ1) is 12.6. The van der Waals surface area contributed by atoms with Gasteiger partial charge in [-0.25, -0.2) is 0 Å². The highest BCUT2D eigenvalue weighted by molar-refractivity contribution is 9.10. The van der Waals surface area contributed by atoms with Gasteiger partial charge in [-0.1, -0.05) is 15.9 Å². The molecule has 0 spiro atoms. The van der Waals surface area contributed by atoms with Gasteiger partial charge >= 0.3 is 0 Å². The highest BCUT2D eigenvalue weighted by atomic mass is 79.9. The van der Waals surface area contributed by atoms with Crippen molar-refractivity contribution in [2.24, 2.45) is 0 Å². The summed E-state index contributed by atoms with van der Waals surface area (Å²) >= 11 is 3.34. The Hall–Kier alpha value is -1.44. The highest BCUT2D eigenvalue weighted by Gasteiger charge is 2.33. The van der Waals surface area contributed by atoms with Crippen LogP contribution in [0, 0.1) is 0 Å². The van der Waals surface area contributed by atoms with Gasteiger partial charge in [0.05, 0.1) is 12.2 Å². The Morgan fingerprint density at radius 1 is 1.22 bits per heavy atom. The predicted octanol–water partition coefficient (Wildman–Crippen LogP) is 2.57. The molecular weight excluding hydrogens is 410 g/mol. The van der Waals surface area contributed by atoms with E-state index in [1.807, 2.05) is 0 Å². The Kier molecular flexibility index (Phi) is 7.42. The number of benzene rings is 1. The van der Waals surface area contributed by atoms with Crippen molar-refractivity contribution < 1.29 is 14.3 Å².